The molecule has 2 aromatic heterocycles. The summed E-state index contributed by atoms with van der Waals surface area (Å²) >= 11 is 2.65. The Bertz CT molecular complexity index is 1250. The minimum absolute atomic E-state index is 0.142. The van der Waals surface area contributed by atoms with Gasteiger partial charge in [-0.15, -0.1) is 11.3 Å². The van der Waals surface area contributed by atoms with E-state index in [1.165, 1.54) is 28.7 Å². The van der Waals surface area contributed by atoms with Crippen LogP contribution < -0.4 is 10.9 Å². The van der Waals surface area contributed by atoms with Gasteiger partial charge in [0.15, 0.2) is 5.16 Å². The molecule has 0 spiro atoms. The van der Waals surface area contributed by atoms with E-state index in [0.717, 1.165) is 22.4 Å². The lowest BCUT2D eigenvalue weighted by Crippen LogP contribution is -2.15. The molecular formula is C22H19N3O2S2. The zero-order valence-corrected chi connectivity index (χ0v) is 17.6. The zero-order valence-electron chi connectivity index (χ0n) is 16.0. The van der Waals surface area contributed by atoms with E-state index < -0.39 is 0 Å². The Morgan fingerprint density at radius 3 is 2.69 bits per heavy atom. The van der Waals surface area contributed by atoms with Gasteiger partial charge in [-0.2, -0.15) is 0 Å². The van der Waals surface area contributed by atoms with E-state index >= 15 is 0 Å². The number of anilines is 1. The first-order valence-corrected chi connectivity index (χ1v) is 10.9. The second-order valence-electron chi connectivity index (χ2n) is 6.70. The molecule has 5 nitrogen and oxygen atoms in total. The number of nitrogens with one attached hydrogen (secondary N) is 2. The Kier molecular flexibility index (Phi) is 5.51. The van der Waals surface area contributed by atoms with Gasteiger partial charge >= 0.3 is 0 Å². The largest absolute Gasteiger partial charge is 0.325 e. The number of aryl methyl sites for hydroxylation is 2. The van der Waals surface area contributed by atoms with E-state index in [4.69, 9.17) is 0 Å². The zero-order chi connectivity index (χ0) is 20.4. The molecule has 0 aliphatic rings. The first kappa shape index (κ1) is 19.4. The van der Waals surface area contributed by atoms with Crippen molar-refractivity contribution >= 4 is 44.9 Å². The van der Waals surface area contributed by atoms with E-state index in [1.54, 1.807) is 0 Å². The fourth-order valence-electron chi connectivity index (χ4n) is 2.98. The molecule has 2 heterocycles. The van der Waals surface area contributed by atoms with Crippen molar-refractivity contribution in [3.63, 3.8) is 0 Å². The highest BCUT2D eigenvalue weighted by molar-refractivity contribution is 7.99. The maximum atomic E-state index is 12.7. The van der Waals surface area contributed by atoms with E-state index in [1.807, 2.05) is 67.8 Å². The fraction of sp³-hybridized carbons (Fsp3) is 0.136. The van der Waals surface area contributed by atoms with Gasteiger partial charge in [-0.3, -0.25) is 9.59 Å². The summed E-state index contributed by atoms with van der Waals surface area (Å²) in [7, 11) is 0. The number of aromatic nitrogens is 2. The van der Waals surface area contributed by atoms with Gasteiger partial charge < -0.3 is 10.3 Å². The molecule has 146 valence electrons. The lowest BCUT2D eigenvalue weighted by atomic mass is 10.1. The van der Waals surface area contributed by atoms with Gasteiger partial charge in [-0.25, -0.2) is 4.98 Å². The van der Waals surface area contributed by atoms with Crippen LogP contribution in [0.5, 0.6) is 0 Å². The Balaban J connectivity index is 1.49. The molecule has 0 bridgehead atoms. The average molecular weight is 422 g/mol. The topological polar surface area (TPSA) is 74.8 Å². The Labute approximate surface area is 176 Å². The van der Waals surface area contributed by atoms with Crippen LogP contribution in [-0.2, 0) is 4.79 Å². The van der Waals surface area contributed by atoms with Gasteiger partial charge in [0.25, 0.3) is 5.56 Å². The molecule has 0 aliphatic heterocycles. The summed E-state index contributed by atoms with van der Waals surface area (Å²) in [5.74, 6) is 0.0234. The number of hydrogen-bond donors (Lipinski definition) is 2. The van der Waals surface area contributed by atoms with E-state index in [2.05, 4.69) is 15.3 Å². The van der Waals surface area contributed by atoms with Crippen LogP contribution in [0.2, 0.25) is 0 Å². The molecule has 0 aliphatic carbocycles. The summed E-state index contributed by atoms with van der Waals surface area (Å²) in [6.45, 7) is 4.04. The summed E-state index contributed by atoms with van der Waals surface area (Å²) in [4.78, 5) is 32.9. The maximum absolute atomic E-state index is 12.7. The lowest BCUT2D eigenvalue weighted by molar-refractivity contribution is -0.113. The monoisotopic (exact) mass is 421 g/mol. The van der Waals surface area contributed by atoms with Crippen molar-refractivity contribution in [2.24, 2.45) is 0 Å². The van der Waals surface area contributed by atoms with Crippen molar-refractivity contribution < 1.29 is 4.79 Å². The summed E-state index contributed by atoms with van der Waals surface area (Å²) < 4.78 is 0. The number of rotatable bonds is 5. The fourth-order valence-corrected chi connectivity index (χ4v) is 4.64. The van der Waals surface area contributed by atoms with Crippen LogP contribution in [-0.4, -0.2) is 21.6 Å². The van der Waals surface area contributed by atoms with Crippen LogP contribution >= 0.6 is 23.1 Å². The van der Waals surface area contributed by atoms with Gasteiger partial charge in [0, 0.05) is 16.6 Å². The third-order valence-electron chi connectivity index (χ3n) is 4.64. The number of thiophene rings is 1. The average Bonchev–Trinajstić information content (AvgIpc) is 3.15. The molecule has 2 N–H and O–H groups in total. The number of aromatic amines is 1. The van der Waals surface area contributed by atoms with Crippen LogP contribution in [0, 0.1) is 13.8 Å². The van der Waals surface area contributed by atoms with E-state index in [-0.39, 0.29) is 17.2 Å². The first-order chi connectivity index (χ1) is 14.0. The Hall–Kier alpha value is -2.90. The van der Waals surface area contributed by atoms with Crippen LogP contribution in [0.4, 0.5) is 5.69 Å². The van der Waals surface area contributed by atoms with Gasteiger partial charge in [-0.05, 0) is 42.7 Å². The SMILES string of the molecule is Cc1ccc(NC(=O)CSc2nc3scc(-c4ccccc4)c3c(=O)[nH]2)cc1C. The highest BCUT2D eigenvalue weighted by Gasteiger charge is 2.14. The standard InChI is InChI=1S/C22H19N3O2S2/c1-13-8-9-16(10-14(13)2)23-18(26)12-29-22-24-20(27)19-17(11-28-21(19)25-22)15-6-4-3-5-7-15/h3-11H,12H2,1-2H3,(H,23,26)(H,24,25,27). The van der Waals surface area contributed by atoms with E-state index in [9.17, 15) is 9.59 Å². The minimum atomic E-state index is -0.188. The number of thioether (sulfide) groups is 1. The molecule has 29 heavy (non-hydrogen) atoms. The van der Waals surface area contributed by atoms with Crippen molar-refractivity contribution in [3.05, 3.63) is 75.4 Å². The molecule has 7 heteroatoms. The first-order valence-electron chi connectivity index (χ1n) is 9.08. The Morgan fingerprint density at radius 1 is 1.14 bits per heavy atom. The number of fused-ring (bicyclic) bond motifs is 1. The van der Waals surface area contributed by atoms with Crippen molar-refractivity contribution in [1.82, 2.24) is 9.97 Å². The van der Waals surface area contributed by atoms with Crippen LogP contribution in [0.3, 0.4) is 0 Å². The number of carbonyl (C=O) groups is 1. The van der Waals surface area contributed by atoms with Crippen LogP contribution in [0.15, 0.2) is 63.9 Å². The smallest absolute Gasteiger partial charge is 0.260 e. The summed E-state index contributed by atoms with van der Waals surface area (Å²) in [5.41, 5.74) is 4.74. The normalized spacial score (nSPS) is 11.0. The number of hydrogen-bond acceptors (Lipinski definition) is 5. The number of nitrogens with zero attached hydrogens (tertiary/aromatic N) is 1. The minimum Gasteiger partial charge on any atom is -0.325 e. The second kappa shape index (κ2) is 8.23. The van der Waals surface area contributed by atoms with Crippen LogP contribution in [0.25, 0.3) is 21.3 Å². The Morgan fingerprint density at radius 2 is 1.93 bits per heavy atom. The molecule has 4 aromatic rings. The molecule has 0 atom stereocenters. The molecule has 0 saturated heterocycles. The number of carbonyl (C=O) groups excluding carboxylic acids is 1. The number of amides is 1. The highest BCUT2D eigenvalue weighted by atomic mass is 32.2. The predicted molar refractivity (Wildman–Crippen MR) is 121 cm³/mol. The summed E-state index contributed by atoms with van der Waals surface area (Å²) in [5, 5.41) is 5.86. The van der Waals surface area contributed by atoms with Gasteiger partial charge in [0.2, 0.25) is 5.91 Å². The third-order valence-corrected chi connectivity index (χ3v) is 6.38. The second-order valence-corrected chi connectivity index (χ2v) is 8.52. The molecule has 2 aromatic carbocycles. The van der Waals surface area contributed by atoms with Gasteiger partial charge in [0.1, 0.15) is 4.83 Å². The molecular weight excluding hydrogens is 402 g/mol. The molecule has 0 radical (unpaired) electrons. The summed E-state index contributed by atoms with van der Waals surface area (Å²) in [6.07, 6.45) is 0. The predicted octanol–water partition coefficient (Wildman–Crippen LogP) is 5.00. The van der Waals surface area contributed by atoms with Crippen LogP contribution in [0.1, 0.15) is 11.1 Å². The van der Waals surface area contributed by atoms with Gasteiger partial charge in [0.05, 0.1) is 11.1 Å². The molecule has 0 saturated carbocycles. The molecule has 0 fully saturated rings. The highest BCUT2D eigenvalue weighted by Crippen LogP contribution is 2.31. The number of H-pyrrole nitrogens is 1. The number of benzene rings is 2. The molecule has 4 rings (SSSR count). The van der Waals surface area contributed by atoms with Gasteiger partial charge in [-0.1, -0.05) is 48.2 Å². The summed E-state index contributed by atoms with van der Waals surface area (Å²) in [6, 6.07) is 15.6. The lowest BCUT2D eigenvalue weighted by Gasteiger charge is -2.07. The van der Waals surface area contributed by atoms with Crippen molar-refractivity contribution in [2.75, 3.05) is 11.1 Å². The van der Waals surface area contributed by atoms with E-state index in [0.29, 0.717) is 15.4 Å². The molecule has 1 amide bonds. The van der Waals surface area contributed by atoms with Crippen molar-refractivity contribution in [1.29, 1.82) is 0 Å². The third kappa shape index (κ3) is 4.26. The van der Waals surface area contributed by atoms with Crippen molar-refractivity contribution in [2.45, 2.75) is 19.0 Å². The molecule has 0 unspecified atom stereocenters. The maximum Gasteiger partial charge on any atom is 0.260 e. The quantitative estimate of drug-likeness (QED) is 0.351. The van der Waals surface area contributed by atoms with Crippen molar-refractivity contribution in [3.8, 4) is 11.1 Å².